The van der Waals surface area contributed by atoms with E-state index in [4.69, 9.17) is 5.11 Å². The van der Waals surface area contributed by atoms with Gasteiger partial charge in [0.25, 0.3) is 0 Å². The van der Waals surface area contributed by atoms with Crippen molar-refractivity contribution in [3.8, 4) is 5.75 Å². The van der Waals surface area contributed by atoms with Crippen LogP contribution in [0.25, 0.3) is 0 Å². The van der Waals surface area contributed by atoms with Crippen LogP contribution in [0.5, 0.6) is 5.75 Å². The molecule has 2 saturated carbocycles. The first-order chi connectivity index (χ1) is 21.8. The van der Waals surface area contributed by atoms with Gasteiger partial charge in [0.2, 0.25) is 17.7 Å². The first kappa shape index (κ1) is 32.2. The summed E-state index contributed by atoms with van der Waals surface area (Å²) in [4.78, 5) is 51.8. The van der Waals surface area contributed by atoms with Gasteiger partial charge in [0.15, 0.2) is 0 Å². The maximum absolute atomic E-state index is 14.3. The first-order valence-corrected chi connectivity index (χ1v) is 16.9. The smallest absolute Gasteiger partial charge is 0.317 e. The summed E-state index contributed by atoms with van der Waals surface area (Å²) in [7, 11) is 0. The summed E-state index contributed by atoms with van der Waals surface area (Å²) < 4.78 is 0. The van der Waals surface area contributed by atoms with Crippen molar-refractivity contribution >= 4 is 29.4 Å². The normalized spacial score (nSPS) is 31.3. The van der Waals surface area contributed by atoms with Crippen molar-refractivity contribution < 1.29 is 29.4 Å². The number of aromatic hydroxyl groups is 1. The second-order valence-electron chi connectivity index (χ2n) is 14.9. The van der Waals surface area contributed by atoms with Crippen molar-refractivity contribution in [3.05, 3.63) is 58.7 Å². The molecule has 2 aromatic carbocycles. The van der Waals surface area contributed by atoms with E-state index < -0.39 is 16.8 Å². The molecule has 0 saturated heterocycles. The van der Waals surface area contributed by atoms with E-state index in [-0.39, 0.29) is 59.7 Å². The number of amides is 3. The number of nitrogens with one attached hydrogen (secondary N) is 3. The average Bonchev–Trinajstić information content (AvgIpc) is 3.01. The number of carboxylic acids is 1. The third-order valence-corrected chi connectivity index (χ3v) is 12.2. The molecule has 9 heteroatoms. The number of carbonyl (C=O) groups excluding carboxylic acids is 3. The van der Waals surface area contributed by atoms with Crippen LogP contribution >= 0.6 is 0 Å². The average molecular weight is 630 g/mol. The zero-order chi connectivity index (χ0) is 32.9. The predicted octanol–water partition coefficient (Wildman–Crippen LogP) is 5.19. The molecule has 2 fully saturated rings. The Labute approximate surface area is 270 Å². The molecule has 0 aromatic heterocycles. The van der Waals surface area contributed by atoms with Gasteiger partial charge in [0, 0.05) is 5.69 Å². The molecule has 0 spiro atoms. The van der Waals surface area contributed by atoms with E-state index >= 15 is 0 Å². The Hall–Kier alpha value is -3.72. The first-order valence-electron chi connectivity index (χ1n) is 16.9. The summed E-state index contributed by atoms with van der Waals surface area (Å²) in [5.41, 5.74) is 3.71. The van der Waals surface area contributed by atoms with E-state index in [2.05, 4.69) is 28.9 Å². The number of rotatable bonds is 7. The number of anilines is 1. The van der Waals surface area contributed by atoms with Gasteiger partial charge in [-0.25, -0.2) is 0 Å². The summed E-state index contributed by atoms with van der Waals surface area (Å²) in [5.74, 6) is -1.09. The lowest BCUT2D eigenvalue weighted by atomic mass is 9.49. The molecule has 9 nitrogen and oxygen atoms in total. The summed E-state index contributed by atoms with van der Waals surface area (Å²) in [6.07, 6.45) is 8.51. The zero-order valence-corrected chi connectivity index (χ0v) is 27.2. The van der Waals surface area contributed by atoms with Gasteiger partial charge in [0.1, 0.15) is 5.75 Å². The van der Waals surface area contributed by atoms with Crippen molar-refractivity contribution in [1.82, 2.24) is 10.6 Å². The van der Waals surface area contributed by atoms with Crippen LogP contribution in [0.2, 0.25) is 0 Å². The van der Waals surface area contributed by atoms with Crippen LogP contribution in [0.3, 0.4) is 0 Å². The topological polar surface area (TPSA) is 145 Å². The molecular weight excluding hydrogens is 582 g/mol. The van der Waals surface area contributed by atoms with Gasteiger partial charge in [0.05, 0.1) is 23.9 Å². The van der Waals surface area contributed by atoms with Gasteiger partial charge in [-0.3, -0.25) is 29.8 Å². The molecule has 3 amide bonds. The molecule has 0 aliphatic heterocycles. The van der Waals surface area contributed by atoms with Crippen LogP contribution in [0.15, 0.2) is 36.4 Å². The fourth-order valence-electron chi connectivity index (χ4n) is 9.85. The van der Waals surface area contributed by atoms with Gasteiger partial charge >= 0.3 is 5.97 Å². The Morgan fingerprint density at radius 1 is 0.826 bits per heavy atom. The number of hydrogen-bond donors (Lipinski definition) is 5. The Morgan fingerprint density at radius 2 is 1.54 bits per heavy atom. The number of fused-ring (bicyclic) bond motifs is 6. The monoisotopic (exact) mass is 629 g/mol. The highest BCUT2D eigenvalue weighted by Crippen LogP contribution is 2.58. The number of carbonyl (C=O) groups is 4. The molecule has 4 aliphatic carbocycles. The van der Waals surface area contributed by atoms with Gasteiger partial charge in [-0.05, 0) is 121 Å². The van der Waals surface area contributed by atoms with E-state index in [0.29, 0.717) is 12.1 Å². The van der Waals surface area contributed by atoms with Crippen LogP contribution < -0.4 is 16.0 Å². The minimum atomic E-state index is -1.02. The lowest BCUT2D eigenvalue weighted by Gasteiger charge is -2.55. The predicted molar refractivity (Wildman–Crippen MR) is 174 cm³/mol. The fourth-order valence-corrected chi connectivity index (χ4v) is 9.85. The lowest BCUT2D eigenvalue weighted by Crippen LogP contribution is -2.58. The number of carboxylic acid groups (broad SMARTS) is 1. The van der Waals surface area contributed by atoms with Gasteiger partial charge < -0.3 is 15.5 Å². The number of aliphatic carboxylic acids is 1. The standard InChI is InChI=1S/C37H47N3O6/c1-35-16-5-17-37(3,30(35)14-10-23-7-11-24(18-29(23)35)39-31(42)20-38-21-32(43)44)34(46)40-33(45)36(2)15-4-6-26-27-19-25(41)12-8-22(27)9-13-28(26)36/h7-8,11-12,18-19,26,28,30,38,41H,4-6,9-10,13-17,20-21H2,1-3H3,(H,39,42)(H,43,44)(H,40,45,46)/t26?,28-,30-,35-,36+,37+/m1/s1. The van der Waals surface area contributed by atoms with E-state index in [0.717, 1.165) is 68.9 Å². The Morgan fingerprint density at radius 3 is 2.33 bits per heavy atom. The molecule has 6 rings (SSSR count). The van der Waals surface area contributed by atoms with Crippen LogP contribution in [-0.4, -0.2) is 47.0 Å². The minimum absolute atomic E-state index is 0.0219. The Kier molecular flexibility index (Phi) is 8.51. The number of benzene rings is 2. The van der Waals surface area contributed by atoms with Gasteiger partial charge in [-0.2, -0.15) is 0 Å². The Bertz CT molecular complexity index is 1570. The van der Waals surface area contributed by atoms with Crippen molar-refractivity contribution in [1.29, 1.82) is 0 Å². The summed E-state index contributed by atoms with van der Waals surface area (Å²) in [6, 6.07) is 11.6. The van der Waals surface area contributed by atoms with Crippen LogP contribution in [0, 0.1) is 22.7 Å². The second-order valence-corrected chi connectivity index (χ2v) is 14.9. The van der Waals surface area contributed by atoms with E-state index in [1.807, 2.05) is 38.1 Å². The molecule has 5 N–H and O–H groups in total. The van der Waals surface area contributed by atoms with Crippen molar-refractivity contribution in [3.63, 3.8) is 0 Å². The highest BCUT2D eigenvalue weighted by atomic mass is 16.4. The molecule has 4 aliphatic rings. The molecule has 0 bridgehead atoms. The second kappa shape index (κ2) is 12.1. The van der Waals surface area contributed by atoms with Gasteiger partial charge in [-0.1, -0.05) is 45.7 Å². The van der Waals surface area contributed by atoms with E-state index in [9.17, 15) is 24.3 Å². The molecule has 246 valence electrons. The maximum atomic E-state index is 14.3. The SMILES string of the molecule is C[C@]1(C(=O)NC(=O)[C@@]2(C)CCC[C@]3(C)c4cc(NC(=O)CNCC(=O)O)ccc4CC[C@@H]23)CCCC2c3cc(O)ccc3CC[C@H]21. The third kappa shape index (κ3) is 5.61. The number of imide groups is 1. The van der Waals surface area contributed by atoms with Crippen molar-refractivity contribution in [2.75, 3.05) is 18.4 Å². The maximum Gasteiger partial charge on any atom is 0.317 e. The fraction of sp³-hybridized carbons (Fsp3) is 0.568. The third-order valence-electron chi connectivity index (χ3n) is 12.2. The van der Waals surface area contributed by atoms with Crippen LogP contribution in [0.4, 0.5) is 5.69 Å². The zero-order valence-electron chi connectivity index (χ0n) is 27.2. The number of phenols is 1. The van der Waals surface area contributed by atoms with Gasteiger partial charge in [-0.15, -0.1) is 0 Å². The number of hydrogen-bond acceptors (Lipinski definition) is 6. The van der Waals surface area contributed by atoms with E-state index in [1.54, 1.807) is 6.07 Å². The highest BCUT2D eigenvalue weighted by Gasteiger charge is 2.56. The molecular formula is C37H47N3O6. The molecule has 0 radical (unpaired) electrons. The number of aryl methyl sites for hydroxylation is 2. The summed E-state index contributed by atoms with van der Waals surface area (Å²) in [5, 5.41) is 27.5. The minimum Gasteiger partial charge on any atom is -0.508 e. The molecule has 6 atom stereocenters. The van der Waals surface area contributed by atoms with Crippen LogP contribution in [-0.2, 0) is 37.4 Å². The molecule has 0 heterocycles. The van der Waals surface area contributed by atoms with E-state index in [1.165, 1.54) is 11.1 Å². The number of phenolic OH excluding ortho intramolecular Hbond substituents is 1. The Balaban J connectivity index is 1.20. The van der Waals surface area contributed by atoms with Crippen LogP contribution in [0.1, 0.15) is 100 Å². The lowest BCUT2D eigenvalue weighted by molar-refractivity contribution is -0.149. The highest BCUT2D eigenvalue weighted by molar-refractivity contribution is 6.01. The molecule has 1 unspecified atom stereocenters. The van der Waals surface area contributed by atoms with Crippen molar-refractivity contribution in [2.45, 2.75) is 96.3 Å². The molecule has 46 heavy (non-hydrogen) atoms. The quantitative estimate of drug-likeness (QED) is 0.265. The summed E-state index contributed by atoms with van der Waals surface area (Å²) >= 11 is 0. The molecule has 2 aromatic rings. The van der Waals surface area contributed by atoms with Crippen molar-refractivity contribution in [2.24, 2.45) is 22.7 Å². The summed E-state index contributed by atoms with van der Waals surface area (Å²) in [6.45, 7) is 5.90. The largest absolute Gasteiger partial charge is 0.508 e.